The molecule has 0 saturated carbocycles. The number of hydrogen-bond acceptors (Lipinski definition) is 2. The highest BCUT2D eigenvalue weighted by Crippen LogP contribution is 2.44. The number of rotatable bonds is 3. The summed E-state index contributed by atoms with van der Waals surface area (Å²) < 4.78 is 12.0. The Morgan fingerprint density at radius 2 is 1.04 bits per heavy atom. The Hall–Kier alpha value is -5.64. The first-order valence-corrected chi connectivity index (χ1v) is 16.1. The molecule has 0 spiro atoms. The van der Waals surface area contributed by atoms with Gasteiger partial charge in [0.25, 0.3) is 0 Å². The molecule has 0 aliphatic rings. The topological polar surface area (TPSA) is 18.1 Å². The van der Waals surface area contributed by atoms with Crippen molar-refractivity contribution in [3.05, 3.63) is 152 Å². The van der Waals surface area contributed by atoms with Crippen LogP contribution in [0.25, 0.3) is 91.9 Å². The van der Waals surface area contributed by atoms with Gasteiger partial charge in [0, 0.05) is 47.3 Å². The summed E-state index contributed by atoms with van der Waals surface area (Å²) in [7, 11) is 0. The molecule has 10 aromatic rings. The van der Waals surface area contributed by atoms with Crippen molar-refractivity contribution in [1.82, 2.24) is 4.57 Å². The standard InChI is InChI=1S/C42H25NOS/c1-2-11-26(12-3-1)33-24-28(27-21-22-40-34(23-27)31-15-6-9-20-39(31)45-40)25-35-32-16-10-19-38(42(32)44-41(33)35)43-36-17-7-4-13-29(36)30-14-5-8-18-37(30)43/h1-25H. The Morgan fingerprint density at radius 3 is 1.84 bits per heavy atom. The van der Waals surface area contributed by atoms with Crippen LogP contribution in [0.5, 0.6) is 0 Å². The second kappa shape index (κ2) is 9.43. The predicted molar refractivity (Wildman–Crippen MR) is 192 cm³/mol. The van der Waals surface area contributed by atoms with Crippen LogP contribution in [0.2, 0.25) is 0 Å². The fraction of sp³-hybridized carbons (Fsp3) is 0. The minimum absolute atomic E-state index is 0.896. The van der Waals surface area contributed by atoms with E-state index in [9.17, 15) is 0 Å². The number of thiophene rings is 1. The fourth-order valence-corrected chi connectivity index (χ4v) is 8.23. The fourth-order valence-electron chi connectivity index (χ4n) is 7.15. The van der Waals surface area contributed by atoms with E-state index in [1.165, 1.54) is 53.1 Å². The molecule has 210 valence electrons. The molecule has 0 fully saturated rings. The summed E-state index contributed by atoms with van der Waals surface area (Å²) >= 11 is 1.86. The molecule has 0 aliphatic carbocycles. The Labute approximate surface area is 263 Å². The minimum Gasteiger partial charge on any atom is -0.453 e. The van der Waals surface area contributed by atoms with Crippen LogP contribution >= 0.6 is 11.3 Å². The maximum Gasteiger partial charge on any atom is 0.159 e. The summed E-state index contributed by atoms with van der Waals surface area (Å²) in [4.78, 5) is 0. The molecular formula is C42H25NOS. The Morgan fingerprint density at radius 1 is 0.400 bits per heavy atom. The summed E-state index contributed by atoms with van der Waals surface area (Å²) in [5.74, 6) is 0. The molecule has 0 saturated heterocycles. The molecule has 7 aromatic carbocycles. The van der Waals surface area contributed by atoms with Crippen LogP contribution in [0.4, 0.5) is 0 Å². The van der Waals surface area contributed by atoms with E-state index in [1.54, 1.807) is 0 Å². The zero-order valence-electron chi connectivity index (χ0n) is 24.2. The van der Waals surface area contributed by atoms with Crippen LogP contribution in [0.1, 0.15) is 0 Å². The molecular weight excluding hydrogens is 567 g/mol. The lowest BCUT2D eigenvalue weighted by Crippen LogP contribution is -1.93. The second-order valence-electron chi connectivity index (χ2n) is 11.7. The van der Waals surface area contributed by atoms with E-state index in [2.05, 4.69) is 156 Å². The largest absolute Gasteiger partial charge is 0.453 e. The normalized spacial score (nSPS) is 12.0. The van der Waals surface area contributed by atoms with E-state index in [1.807, 2.05) is 11.3 Å². The Balaban J connectivity index is 1.28. The maximum atomic E-state index is 6.98. The van der Waals surface area contributed by atoms with E-state index in [0.29, 0.717) is 0 Å². The van der Waals surface area contributed by atoms with Crippen molar-refractivity contribution in [3.63, 3.8) is 0 Å². The van der Waals surface area contributed by atoms with E-state index >= 15 is 0 Å². The van der Waals surface area contributed by atoms with Crippen LogP contribution in [-0.2, 0) is 0 Å². The van der Waals surface area contributed by atoms with E-state index in [0.717, 1.165) is 38.8 Å². The quantitative estimate of drug-likeness (QED) is 0.200. The molecule has 0 atom stereocenters. The van der Waals surface area contributed by atoms with E-state index in [4.69, 9.17) is 4.42 Å². The first-order chi connectivity index (χ1) is 22.3. The smallest absolute Gasteiger partial charge is 0.159 e. The maximum absolute atomic E-state index is 6.98. The van der Waals surface area contributed by atoms with Crippen molar-refractivity contribution in [2.24, 2.45) is 0 Å². The molecule has 0 amide bonds. The molecule has 0 N–H and O–H groups in total. The van der Waals surface area contributed by atoms with Crippen LogP contribution in [-0.4, -0.2) is 4.57 Å². The van der Waals surface area contributed by atoms with Crippen LogP contribution in [0, 0.1) is 0 Å². The molecule has 3 heteroatoms. The first-order valence-electron chi connectivity index (χ1n) is 15.3. The van der Waals surface area contributed by atoms with Gasteiger partial charge in [-0.1, -0.05) is 103 Å². The second-order valence-corrected chi connectivity index (χ2v) is 12.8. The van der Waals surface area contributed by atoms with Crippen molar-refractivity contribution in [2.45, 2.75) is 0 Å². The highest BCUT2D eigenvalue weighted by atomic mass is 32.1. The average molecular weight is 592 g/mol. The third-order valence-electron chi connectivity index (χ3n) is 9.19. The van der Waals surface area contributed by atoms with Crippen molar-refractivity contribution in [3.8, 4) is 27.9 Å². The molecule has 3 heterocycles. The Bertz CT molecular complexity index is 2710. The van der Waals surface area contributed by atoms with Crippen molar-refractivity contribution in [1.29, 1.82) is 0 Å². The van der Waals surface area contributed by atoms with E-state index in [-0.39, 0.29) is 0 Å². The summed E-state index contributed by atoms with van der Waals surface area (Å²) in [6, 6.07) is 54.7. The zero-order valence-corrected chi connectivity index (χ0v) is 25.0. The lowest BCUT2D eigenvalue weighted by atomic mass is 9.95. The van der Waals surface area contributed by atoms with Crippen molar-refractivity contribution >= 4 is 75.3 Å². The highest BCUT2D eigenvalue weighted by molar-refractivity contribution is 7.25. The SMILES string of the molecule is c1ccc(-c2cc(-c3ccc4sc5ccccc5c4c3)cc3c2oc2c(-n4c5ccccc5c5ccccc54)cccc23)cc1. The molecule has 3 aromatic heterocycles. The Kier molecular flexibility index (Phi) is 5.19. The zero-order chi connectivity index (χ0) is 29.5. The molecule has 2 nitrogen and oxygen atoms in total. The molecule has 45 heavy (non-hydrogen) atoms. The molecule has 0 unspecified atom stereocenters. The van der Waals surface area contributed by atoms with Gasteiger partial charge in [0.05, 0.1) is 16.7 Å². The van der Waals surface area contributed by atoms with Gasteiger partial charge in [-0.05, 0) is 65.2 Å². The highest BCUT2D eigenvalue weighted by Gasteiger charge is 2.20. The summed E-state index contributed by atoms with van der Waals surface area (Å²) in [6.07, 6.45) is 0. The average Bonchev–Trinajstić information content (AvgIpc) is 3.77. The number of furan rings is 1. The molecule has 0 bridgehead atoms. The lowest BCUT2D eigenvalue weighted by molar-refractivity contribution is 0.667. The lowest BCUT2D eigenvalue weighted by Gasteiger charge is -2.08. The van der Waals surface area contributed by atoms with Gasteiger partial charge in [-0.15, -0.1) is 11.3 Å². The molecule has 0 aliphatic heterocycles. The predicted octanol–water partition coefficient (Wildman–Crippen LogP) is 12.4. The van der Waals surface area contributed by atoms with Gasteiger partial charge in [-0.2, -0.15) is 0 Å². The first kappa shape index (κ1) is 24.8. The monoisotopic (exact) mass is 591 g/mol. The van der Waals surface area contributed by atoms with Gasteiger partial charge in [0.2, 0.25) is 0 Å². The summed E-state index contributed by atoms with van der Waals surface area (Å²) in [6.45, 7) is 0. The van der Waals surface area contributed by atoms with Crippen molar-refractivity contribution in [2.75, 3.05) is 0 Å². The van der Waals surface area contributed by atoms with Gasteiger partial charge in [-0.25, -0.2) is 0 Å². The van der Waals surface area contributed by atoms with Gasteiger partial charge >= 0.3 is 0 Å². The number of aromatic nitrogens is 1. The van der Waals surface area contributed by atoms with Crippen LogP contribution in [0.3, 0.4) is 0 Å². The third-order valence-corrected chi connectivity index (χ3v) is 10.3. The number of benzene rings is 7. The van der Waals surface area contributed by atoms with Crippen LogP contribution < -0.4 is 0 Å². The van der Waals surface area contributed by atoms with Gasteiger partial charge in [0.1, 0.15) is 5.58 Å². The number of nitrogens with zero attached hydrogens (tertiary/aromatic N) is 1. The van der Waals surface area contributed by atoms with Gasteiger partial charge in [-0.3, -0.25) is 0 Å². The summed E-state index contributed by atoms with van der Waals surface area (Å²) in [5, 5.41) is 7.34. The number of para-hydroxylation sites is 3. The van der Waals surface area contributed by atoms with Gasteiger partial charge < -0.3 is 8.98 Å². The molecule has 0 radical (unpaired) electrons. The minimum atomic E-state index is 0.896. The number of hydrogen-bond donors (Lipinski definition) is 0. The molecule has 10 rings (SSSR count). The number of fused-ring (bicyclic) bond motifs is 9. The van der Waals surface area contributed by atoms with Crippen molar-refractivity contribution < 1.29 is 4.42 Å². The van der Waals surface area contributed by atoms with E-state index < -0.39 is 0 Å². The van der Waals surface area contributed by atoms with Gasteiger partial charge in [0.15, 0.2) is 5.58 Å². The summed E-state index contributed by atoms with van der Waals surface area (Å²) in [5.41, 5.74) is 9.84. The third kappa shape index (κ3) is 3.62. The van der Waals surface area contributed by atoms with Crippen LogP contribution in [0.15, 0.2) is 156 Å².